The molecule has 216 valence electrons. The Bertz CT molecular complexity index is 1910. The van der Waals surface area contributed by atoms with Gasteiger partial charge in [0.25, 0.3) is 0 Å². The number of imidazole rings is 1. The normalized spacial score (nSPS) is 13.5. The summed E-state index contributed by atoms with van der Waals surface area (Å²) in [5, 5.41) is 8.91. The van der Waals surface area contributed by atoms with Crippen LogP contribution in [0.1, 0.15) is 45.7 Å². The van der Waals surface area contributed by atoms with Crippen LogP contribution < -0.4 is 4.74 Å². The topological polar surface area (TPSA) is 90.0 Å². The highest BCUT2D eigenvalue weighted by atomic mass is 19.1. The number of hydrogen-bond acceptors (Lipinski definition) is 6. The van der Waals surface area contributed by atoms with Crippen molar-refractivity contribution in [3.63, 3.8) is 0 Å². The average molecular weight is 583 g/mol. The van der Waals surface area contributed by atoms with E-state index in [0.29, 0.717) is 52.1 Å². The zero-order valence-electron chi connectivity index (χ0n) is 23.1. The molecule has 1 aliphatic rings. The second-order valence-corrected chi connectivity index (χ2v) is 10.5. The minimum Gasteiger partial charge on any atom is -0.473 e. The molecule has 43 heavy (non-hydrogen) atoms. The Morgan fingerprint density at radius 2 is 1.79 bits per heavy atom. The van der Waals surface area contributed by atoms with E-state index in [1.807, 2.05) is 6.07 Å². The lowest BCUT2D eigenvalue weighted by atomic mass is 10.0. The minimum atomic E-state index is -0.764. The molecule has 1 aliphatic carbocycles. The number of aromatic nitrogens is 3. The quantitative estimate of drug-likeness (QED) is 0.181. The molecule has 0 aliphatic heterocycles. The van der Waals surface area contributed by atoms with Gasteiger partial charge in [-0.05, 0) is 60.9 Å². The summed E-state index contributed by atoms with van der Waals surface area (Å²) in [6, 6.07) is 20.7. The van der Waals surface area contributed by atoms with Crippen LogP contribution >= 0.6 is 0 Å². The maximum Gasteiger partial charge on any atom is 0.337 e. The smallest absolute Gasteiger partial charge is 0.337 e. The van der Waals surface area contributed by atoms with E-state index in [2.05, 4.69) is 9.97 Å². The predicted molar refractivity (Wildman–Crippen MR) is 152 cm³/mol. The van der Waals surface area contributed by atoms with Crippen LogP contribution in [0.5, 0.6) is 5.88 Å². The lowest BCUT2D eigenvalue weighted by Crippen LogP contribution is -2.22. The van der Waals surface area contributed by atoms with Crippen LogP contribution in [0.2, 0.25) is 0 Å². The van der Waals surface area contributed by atoms with E-state index in [4.69, 9.17) is 14.7 Å². The van der Waals surface area contributed by atoms with Crippen LogP contribution in [0.15, 0.2) is 72.8 Å². The van der Waals surface area contributed by atoms with Gasteiger partial charge >= 0.3 is 5.97 Å². The van der Waals surface area contributed by atoms with Gasteiger partial charge in [0.2, 0.25) is 5.88 Å². The van der Waals surface area contributed by atoms with E-state index < -0.39 is 29.8 Å². The van der Waals surface area contributed by atoms with Crippen molar-refractivity contribution in [2.75, 3.05) is 13.8 Å². The van der Waals surface area contributed by atoms with E-state index in [0.717, 1.165) is 6.07 Å². The number of carbonyl (C=O) groups is 1. The number of hydrogen-bond donors (Lipinski definition) is 0. The number of rotatable bonds is 9. The van der Waals surface area contributed by atoms with Gasteiger partial charge in [0.05, 0.1) is 46.6 Å². The van der Waals surface area contributed by atoms with Crippen LogP contribution in [0.4, 0.5) is 13.2 Å². The first-order chi connectivity index (χ1) is 20.8. The monoisotopic (exact) mass is 582 g/mol. The Labute approximate surface area is 245 Å². The maximum absolute atomic E-state index is 15.5. The molecule has 0 atom stereocenters. The van der Waals surface area contributed by atoms with Crippen LogP contribution in [-0.4, -0.2) is 34.3 Å². The summed E-state index contributed by atoms with van der Waals surface area (Å²) in [6.45, 7) is -0.693. The lowest BCUT2D eigenvalue weighted by molar-refractivity contribution is 0.0601. The fourth-order valence-corrected chi connectivity index (χ4v) is 5.14. The molecule has 2 aromatic heterocycles. The molecular formula is C33H25F3N4O3. The fourth-order valence-electron chi connectivity index (χ4n) is 5.14. The van der Waals surface area contributed by atoms with Gasteiger partial charge in [-0.3, -0.25) is 0 Å². The van der Waals surface area contributed by atoms with Gasteiger partial charge in [-0.15, -0.1) is 0 Å². The molecule has 0 radical (unpaired) electrons. The molecular weight excluding hydrogens is 557 g/mol. The number of halogens is 3. The number of nitrogens with zero attached hydrogens (tertiary/aromatic N) is 4. The minimum absolute atomic E-state index is 0.0935. The van der Waals surface area contributed by atoms with Gasteiger partial charge in [0.1, 0.15) is 30.7 Å². The zero-order chi connectivity index (χ0) is 30.1. The summed E-state index contributed by atoms with van der Waals surface area (Å²) in [7, 11) is 1.29. The van der Waals surface area contributed by atoms with Crippen molar-refractivity contribution in [1.29, 1.82) is 5.26 Å². The predicted octanol–water partition coefficient (Wildman–Crippen LogP) is 6.66. The van der Waals surface area contributed by atoms with Crippen molar-refractivity contribution >= 4 is 17.0 Å². The van der Waals surface area contributed by atoms with Gasteiger partial charge in [0.15, 0.2) is 0 Å². The molecule has 0 N–H and O–H groups in total. The van der Waals surface area contributed by atoms with E-state index >= 15 is 4.39 Å². The van der Waals surface area contributed by atoms with Crippen LogP contribution in [0, 0.1) is 23.0 Å². The van der Waals surface area contributed by atoms with Gasteiger partial charge in [-0.25, -0.2) is 27.9 Å². The highest BCUT2D eigenvalue weighted by Crippen LogP contribution is 2.47. The van der Waals surface area contributed by atoms with E-state index in [1.54, 1.807) is 53.1 Å². The molecule has 1 saturated carbocycles. The standard InChI is InChI=1S/C33H25F3N4O3/c1-42-32(41)23-9-10-28-29(15-23)40(33(19-34)11-12-33)30(38-28)16-21-7-8-22(14-26(21)36)27-3-2-4-31(39-27)43-18-24-6-5-20(17-37)13-25(24)35/h2-10,13-15H,11-12,16,18-19H2,1H3. The van der Waals surface area contributed by atoms with Crippen LogP contribution in [-0.2, 0) is 23.3 Å². The number of nitriles is 1. The van der Waals surface area contributed by atoms with Crippen molar-refractivity contribution in [2.24, 2.45) is 0 Å². The molecule has 0 amide bonds. The molecule has 1 fully saturated rings. The fraction of sp³-hybridized carbons (Fsp3) is 0.212. The molecule has 0 bridgehead atoms. The summed E-state index contributed by atoms with van der Waals surface area (Å²) < 4.78 is 56.3. The third kappa shape index (κ3) is 5.42. The summed E-state index contributed by atoms with van der Waals surface area (Å²) in [5.74, 6) is -0.810. The van der Waals surface area contributed by atoms with Crippen molar-refractivity contribution < 1.29 is 27.4 Å². The molecule has 5 aromatic rings. The van der Waals surface area contributed by atoms with E-state index in [-0.39, 0.29) is 30.0 Å². The molecule has 10 heteroatoms. The highest BCUT2D eigenvalue weighted by molar-refractivity contribution is 5.94. The summed E-state index contributed by atoms with van der Waals surface area (Å²) in [4.78, 5) is 21.3. The summed E-state index contributed by atoms with van der Waals surface area (Å²) in [5.41, 5.74) is 2.57. The third-order valence-electron chi connectivity index (χ3n) is 7.67. The number of methoxy groups -OCH3 is 1. The van der Waals surface area contributed by atoms with E-state index in [1.165, 1.54) is 25.3 Å². The third-order valence-corrected chi connectivity index (χ3v) is 7.67. The van der Waals surface area contributed by atoms with Gasteiger partial charge < -0.3 is 14.0 Å². The largest absolute Gasteiger partial charge is 0.473 e. The SMILES string of the molecule is COC(=O)c1ccc2nc(Cc3ccc(-c4cccc(OCc5ccc(C#N)cc5F)n4)cc3F)n(C3(CF)CC3)c2c1. The van der Waals surface area contributed by atoms with Crippen molar-refractivity contribution in [1.82, 2.24) is 14.5 Å². The Morgan fingerprint density at radius 3 is 2.49 bits per heavy atom. The number of pyridine rings is 1. The van der Waals surface area contributed by atoms with Crippen molar-refractivity contribution in [3.05, 3.63) is 113 Å². The number of esters is 1. The summed E-state index contributed by atoms with van der Waals surface area (Å²) >= 11 is 0. The Hall–Kier alpha value is -5.17. The molecule has 6 rings (SSSR count). The number of carbonyl (C=O) groups excluding carboxylic acids is 1. The molecule has 3 aromatic carbocycles. The first kappa shape index (κ1) is 28.0. The number of benzene rings is 3. The number of fused-ring (bicyclic) bond motifs is 1. The van der Waals surface area contributed by atoms with Crippen LogP contribution in [0.3, 0.4) is 0 Å². The van der Waals surface area contributed by atoms with Crippen molar-refractivity contribution in [2.45, 2.75) is 31.4 Å². The molecule has 0 saturated heterocycles. The average Bonchev–Trinajstić information content (AvgIpc) is 3.74. The van der Waals surface area contributed by atoms with Crippen LogP contribution in [0.25, 0.3) is 22.3 Å². The molecule has 2 heterocycles. The van der Waals surface area contributed by atoms with Crippen molar-refractivity contribution in [3.8, 4) is 23.2 Å². The Balaban J connectivity index is 1.25. The maximum atomic E-state index is 15.5. The molecule has 0 spiro atoms. The van der Waals surface area contributed by atoms with Gasteiger partial charge in [-0.2, -0.15) is 5.26 Å². The number of alkyl halides is 1. The van der Waals surface area contributed by atoms with E-state index in [9.17, 15) is 13.6 Å². The zero-order valence-corrected chi connectivity index (χ0v) is 23.1. The number of ether oxygens (including phenoxy) is 2. The first-order valence-corrected chi connectivity index (χ1v) is 13.6. The molecule has 0 unspecified atom stereocenters. The summed E-state index contributed by atoms with van der Waals surface area (Å²) in [6.07, 6.45) is 1.35. The van der Waals surface area contributed by atoms with Gasteiger partial charge in [0, 0.05) is 23.6 Å². The Morgan fingerprint density at radius 1 is 1.00 bits per heavy atom. The second kappa shape index (κ2) is 11.2. The van der Waals surface area contributed by atoms with Gasteiger partial charge in [-0.1, -0.05) is 24.3 Å². The first-order valence-electron chi connectivity index (χ1n) is 13.6. The lowest BCUT2D eigenvalue weighted by Gasteiger charge is -2.18. The second-order valence-electron chi connectivity index (χ2n) is 10.5. The highest BCUT2D eigenvalue weighted by Gasteiger charge is 2.47. The molecule has 7 nitrogen and oxygen atoms in total. The Kier molecular flexibility index (Phi) is 7.32.